The maximum Gasteiger partial charge on any atom is 0.307 e. The maximum atomic E-state index is 12.3. The second-order valence-corrected chi connectivity index (χ2v) is 9.43. The maximum absolute atomic E-state index is 12.3. The van der Waals surface area contributed by atoms with E-state index in [1.54, 1.807) is 17.5 Å². The number of esters is 1. The van der Waals surface area contributed by atoms with Crippen LogP contribution in [-0.4, -0.2) is 28.0 Å². The summed E-state index contributed by atoms with van der Waals surface area (Å²) in [7, 11) is 0. The van der Waals surface area contributed by atoms with E-state index >= 15 is 0 Å². The van der Waals surface area contributed by atoms with Gasteiger partial charge in [-0.3, -0.25) is 19.3 Å². The number of aromatic nitrogens is 1. The van der Waals surface area contributed by atoms with Crippen LogP contribution in [-0.2, 0) is 25.7 Å². The number of thiazole rings is 1. The molecule has 164 valence electrons. The van der Waals surface area contributed by atoms with Crippen molar-refractivity contribution < 1.29 is 19.1 Å². The van der Waals surface area contributed by atoms with Gasteiger partial charge < -0.3 is 10.1 Å². The number of carbonyl (C=O) groups is 3. The summed E-state index contributed by atoms with van der Waals surface area (Å²) in [5, 5.41) is 4.94. The van der Waals surface area contributed by atoms with Crippen molar-refractivity contribution in [2.24, 2.45) is 0 Å². The van der Waals surface area contributed by atoms with Crippen LogP contribution in [0.2, 0.25) is 5.02 Å². The van der Waals surface area contributed by atoms with Gasteiger partial charge in [-0.05, 0) is 30.3 Å². The van der Waals surface area contributed by atoms with Gasteiger partial charge in [0.05, 0.1) is 28.7 Å². The van der Waals surface area contributed by atoms with Crippen LogP contribution in [0.25, 0.3) is 0 Å². The van der Waals surface area contributed by atoms with Crippen LogP contribution in [0.5, 0.6) is 0 Å². The Hall–Kier alpha value is -2.88. The minimum Gasteiger partial charge on any atom is -0.459 e. The molecule has 2 aromatic carbocycles. The molecule has 1 unspecified atom stereocenters. The van der Waals surface area contributed by atoms with Crippen molar-refractivity contribution in [3.8, 4) is 0 Å². The van der Waals surface area contributed by atoms with Gasteiger partial charge in [-0.2, -0.15) is 0 Å². The smallest absolute Gasteiger partial charge is 0.307 e. The summed E-state index contributed by atoms with van der Waals surface area (Å²) in [6.45, 7) is 1.42. The molecule has 7 nitrogen and oxygen atoms in total. The lowest BCUT2D eigenvalue weighted by atomic mass is 10.2. The molecule has 32 heavy (non-hydrogen) atoms. The van der Waals surface area contributed by atoms with Gasteiger partial charge in [0.15, 0.2) is 5.13 Å². The fourth-order valence-corrected chi connectivity index (χ4v) is 5.21. The molecule has 4 rings (SSSR count). The Morgan fingerprint density at radius 1 is 1.22 bits per heavy atom. The number of rotatable bonds is 6. The first-order valence-corrected chi connectivity index (χ1v) is 11.8. The van der Waals surface area contributed by atoms with Crippen molar-refractivity contribution in [2.45, 2.75) is 30.1 Å². The average molecular weight is 488 g/mol. The Bertz CT molecular complexity index is 1170. The van der Waals surface area contributed by atoms with Crippen molar-refractivity contribution in [1.82, 2.24) is 4.98 Å². The number of para-hydroxylation sites is 1. The van der Waals surface area contributed by atoms with Crippen molar-refractivity contribution in [3.63, 3.8) is 0 Å². The summed E-state index contributed by atoms with van der Waals surface area (Å²) >= 11 is 8.55. The topological polar surface area (TPSA) is 88.6 Å². The minimum atomic E-state index is -0.589. The fraction of sp³-hybridized carbons (Fsp3) is 0.182. The highest BCUT2D eigenvalue weighted by Crippen LogP contribution is 2.38. The Kier molecular flexibility index (Phi) is 6.78. The van der Waals surface area contributed by atoms with E-state index in [0.717, 1.165) is 4.90 Å². The first kappa shape index (κ1) is 22.3. The molecule has 1 aromatic heterocycles. The Morgan fingerprint density at radius 3 is 2.75 bits per heavy atom. The van der Waals surface area contributed by atoms with E-state index in [-0.39, 0.29) is 24.8 Å². The number of carbonyl (C=O) groups excluding carboxylic acids is 3. The Labute approximate surface area is 197 Å². The van der Waals surface area contributed by atoms with E-state index < -0.39 is 11.2 Å². The standard InChI is InChI=1S/C22H18ClN3O4S2/c1-13(27)26(16-5-3-2-4-6-16)22-24-15(12-31-22)11-30-20(28)10-19-21(29)25-17-9-14(23)7-8-18(17)32-19/h2-9,12,19H,10-11H2,1H3,(H,25,29). The molecule has 0 bridgehead atoms. The summed E-state index contributed by atoms with van der Waals surface area (Å²) in [5.41, 5.74) is 1.88. The van der Waals surface area contributed by atoms with Crippen molar-refractivity contribution in [2.75, 3.05) is 10.2 Å². The zero-order valence-electron chi connectivity index (χ0n) is 16.9. The SMILES string of the molecule is CC(=O)N(c1ccccc1)c1nc(COC(=O)CC2Sc3ccc(Cl)cc3NC2=O)cs1. The summed E-state index contributed by atoms with van der Waals surface area (Å²) in [6.07, 6.45) is -0.0703. The lowest BCUT2D eigenvalue weighted by Gasteiger charge is -2.23. The quantitative estimate of drug-likeness (QED) is 0.491. The van der Waals surface area contributed by atoms with Crippen LogP contribution >= 0.6 is 34.7 Å². The molecule has 0 saturated carbocycles. The normalized spacial score (nSPS) is 14.9. The molecule has 2 heterocycles. The highest BCUT2D eigenvalue weighted by Gasteiger charge is 2.30. The van der Waals surface area contributed by atoms with E-state index in [0.29, 0.717) is 27.2 Å². The predicted molar refractivity (Wildman–Crippen MR) is 126 cm³/mol. The number of nitrogens with zero attached hydrogens (tertiary/aromatic N) is 2. The molecular weight excluding hydrogens is 470 g/mol. The first-order chi connectivity index (χ1) is 15.4. The van der Waals surface area contributed by atoms with Crippen LogP contribution in [0.15, 0.2) is 58.8 Å². The minimum absolute atomic E-state index is 0.0406. The van der Waals surface area contributed by atoms with E-state index in [2.05, 4.69) is 10.3 Å². The van der Waals surface area contributed by atoms with Gasteiger partial charge >= 0.3 is 5.97 Å². The number of halogens is 1. The second-order valence-electron chi connectivity index (χ2n) is 6.91. The van der Waals surface area contributed by atoms with Gasteiger partial charge in [-0.25, -0.2) is 4.98 Å². The van der Waals surface area contributed by atoms with Crippen LogP contribution < -0.4 is 10.2 Å². The van der Waals surface area contributed by atoms with Crippen LogP contribution in [0.3, 0.4) is 0 Å². The average Bonchev–Trinajstić information content (AvgIpc) is 3.22. The fourth-order valence-electron chi connectivity index (χ4n) is 3.09. The molecular formula is C22H18ClN3O4S2. The van der Waals surface area contributed by atoms with Gasteiger partial charge in [0.25, 0.3) is 0 Å². The number of fused-ring (bicyclic) bond motifs is 1. The largest absolute Gasteiger partial charge is 0.459 e. The van der Waals surface area contributed by atoms with E-state index in [1.165, 1.54) is 34.9 Å². The van der Waals surface area contributed by atoms with Gasteiger partial charge in [-0.1, -0.05) is 29.8 Å². The number of thioether (sulfide) groups is 1. The molecule has 0 spiro atoms. The van der Waals surface area contributed by atoms with Crippen LogP contribution in [0.1, 0.15) is 19.0 Å². The molecule has 2 amide bonds. The molecule has 3 aromatic rings. The zero-order valence-corrected chi connectivity index (χ0v) is 19.3. The van der Waals surface area contributed by atoms with Crippen LogP contribution in [0, 0.1) is 0 Å². The predicted octanol–water partition coefficient (Wildman–Crippen LogP) is 5.03. The molecule has 1 atom stereocenters. The third-order valence-electron chi connectivity index (χ3n) is 4.55. The third-order valence-corrected chi connectivity index (χ3v) is 6.94. The summed E-state index contributed by atoms with van der Waals surface area (Å²) in [4.78, 5) is 43.6. The third kappa shape index (κ3) is 5.12. The van der Waals surface area contributed by atoms with Crippen molar-refractivity contribution >= 4 is 69.0 Å². The second kappa shape index (κ2) is 9.72. The van der Waals surface area contributed by atoms with Gasteiger partial charge in [0, 0.05) is 22.2 Å². The van der Waals surface area contributed by atoms with Gasteiger partial charge in [0.2, 0.25) is 11.8 Å². The molecule has 10 heteroatoms. The number of benzene rings is 2. The molecule has 0 fully saturated rings. The van der Waals surface area contributed by atoms with Crippen LogP contribution in [0.4, 0.5) is 16.5 Å². The van der Waals surface area contributed by atoms with Crippen molar-refractivity contribution in [3.05, 3.63) is 64.6 Å². The van der Waals surface area contributed by atoms with Gasteiger partial charge in [-0.15, -0.1) is 23.1 Å². The van der Waals surface area contributed by atoms with E-state index in [9.17, 15) is 14.4 Å². The summed E-state index contributed by atoms with van der Waals surface area (Å²) in [5.74, 6) is -0.940. The zero-order chi connectivity index (χ0) is 22.7. The lowest BCUT2D eigenvalue weighted by molar-refractivity contribution is -0.145. The molecule has 0 saturated heterocycles. The molecule has 1 aliphatic rings. The Morgan fingerprint density at radius 2 is 2.00 bits per heavy atom. The van der Waals surface area contributed by atoms with Gasteiger partial charge in [0.1, 0.15) is 6.61 Å². The van der Waals surface area contributed by atoms with E-state index in [1.807, 2.05) is 36.4 Å². The molecule has 0 radical (unpaired) electrons. The number of hydrogen-bond acceptors (Lipinski definition) is 7. The number of hydrogen-bond donors (Lipinski definition) is 1. The highest BCUT2D eigenvalue weighted by atomic mass is 35.5. The van der Waals surface area contributed by atoms with Crippen molar-refractivity contribution in [1.29, 1.82) is 0 Å². The molecule has 0 aliphatic carbocycles. The first-order valence-electron chi connectivity index (χ1n) is 9.63. The van der Waals surface area contributed by atoms with E-state index in [4.69, 9.17) is 16.3 Å². The highest BCUT2D eigenvalue weighted by molar-refractivity contribution is 8.01. The Balaban J connectivity index is 1.36. The summed E-state index contributed by atoms with van der Waals surface area (Å²) < 4.78 is 5.33. The number of anilines is 3. The number of nitrogens with one attached hydrogen (secondary N) is 1. The number of ether oxygens (including phenoxy) is 1. The summed E-state index contributed by atoms with van der Waals surface area (Å²) in [6, 6.07) is 14.4. The monoisotopic (exact) mass is 487 g/mol. The molecule has 1 aliphatic heterocycles. The number of amides is 2. The molecule has 1 N–H and O–H groups in total. The lowest BCUT2D eigenvalue weighted by Crippen LogP contribution is -2.31.